The first-order chi connectivity index (χ1) is 10.0. The number of hydrogen-bond donors (Lipinski definition) is 1. The lowest BCUT2D eigenvalue weighted by molar-refractivity contribution is -0.384. The minimum Gasteiger partial charge on any atom is -0.354 e. The third-order valence-corrected chi connectivity index (χ3v) is 3.53. The molecule has 0 unspecified atom stereocenters. The molecule has 1 fully saturated rings. The summed E-state index contributed by atoms with van der Waals surface area (Å²) in [6.07, 6.45) is 4.65. The van der Waals surface area contributed by atoms with Gasteiger partial charge in [-0.1, -0.05) is 6.92 Å². The second-order valence-electron chi connectivity index (χ2n) is 5.78. The monoisotopic (exact) mass is 293 g/mol. The summed E-state index contributed by atoms with van der Waals surface area (Å²) in [5.41, 5.74) is -0.0219. The Kier molecular flexibility index (Phi) is 4.93. The molecule has 0 amide bonds. The van der Waals surface area contributed by atoms with Crippen molar-refractivity contribution in [1.29, 1.82) is 0 Å². The van der Waals surface area contributed by atoms with Crippen molar-refractivity contribution < 1.29 is 4.92 Å². The first-order valence-corrected chi connectivity index (χ1v) is 7.54. The lowest BCUT2D eigenvalue weighted by atomic mass is 10.2. The molecule has 21 heavy (non-hydrogen) atoms. The molecular formula is C14H23N5O2. The molecule has 0 bridgehead atoms. The summed E-state index contributed by atoms with van der Waals surface area (Å²) in [6, 6.07) is 0.165. The van der Waals surface area contributed by atoms with Gasteiger partial charge >= 0.3 is 5.69 Å². The quantitative estimate of drug-likeness (QED) is 0.586. The van der Waals surface area contributed by atoms with Crippen LogP contribution in [0, 0.1) is 16.0 Å². The van der Waals surface area contributed by atoms with Crippen molar-refractivity contribution in [2.45, 2.75) is 46.1 Å². The zero-order valence-electron chi connectivity index (χ0n) is 12.9. The molecule has 116 valence electrons. The molecule has 1 aromatic rings. The van der Waals surface area contributed by atoms with Crippen LogP contribution >= 0.6 is 0 Å². The van der Waals surface area contributed by atoms with Gasteiger partial charge in [-0.3, -0.25) is 10.1 Å². The first kappa shape index (κ1) is 15.5. The predicted octanol–water partition coefficient (Wildman–Crippen LogP) is 2.83. The number of nitrogens with one attached hydrogen (secondary N) is 1. The highest BCUT2D eigenvalue weighted by Crippen LogP contribution is 2.34. The second-order valence-corrected chi connectivity index (χ2v) is 5.78. The van der Waals surface area contributed by atoms with Gasteiger partial charge in [-0.2, -0.15) is 4.98 Å². The summed E-state index contributed by atoms with van der Waals surface area (Å²) in [5.74, 6) is 1.52. The fourth-order valence-electron chi connectivity index (χ4n) is 2.15. The van der Waals surface area contributed by atoms with Gasteiger partial charge in [-0.05, 0) is 39.0 Å². The van der Waals surface area contributed by atoms with Gasteiger partial charge in [0.25, 0.3) is 0 Å². The van der Waals surface area contributed by atoms with E-state index < -0.39 is 4.92 Å². The van der Waals surface area contributed by atoms with E-state index in [1.54, 1.807) is 0 Å². The highest BCUT2D eigenvalue weighted by atomic mass is 16.6. The van der Waals surface area contributed by atoms with Crippen LogP contribution in [-0.2, 0) is 0 Å². The van der Waals surface area contributed by atoms with Crippen molar-refractivity contribution in [2.75, 3.05) is 23.3 Å². The van der Waals surface area contributed by atoms with E-state index in [-0.39, 0.29) is 11.7 Å². The molecule has 1 aliphatic carbocycles. The molecule has 0 spiro atoms. The topological polar surface area (TPSA) is 84.2 Å². The SMILES string of the molecule is CCCNc1ncc([N+](=O)[O-])c(N(CC2CC2)C(C)C)n1. The fraction of sp³-hybridized carbons (Fsp3) is 0.714. The zero-order chi connectivity index (χ0) is 15.4. The van der Waals surface area contributed by atoms with Gasteiger partial charge in [0.15, 0.2) is 0 Å². The molecule has 0 atom stereocenters. The van der Waals surface area contributed by atoms with Gasteiger partial charge < -0.3 is 10.2 Å². The molecule has 2 rings (SSSR count). The number of nitro groups is 1. The van der Waals surface area contributed by atoms with Crippen LogP contribution in [0.15, 0.2) is 6.20 Å². The molecule has 7 heteroatoms. The van der Waals surface area contributed by atoms with E-state index in [4.69, 9.17) is 0 Å². The van der Waals surface area contributed by atoms with Gasteiger partial charge in [-0.25, -0.2) is 4.98 Å². The summed E-state index contributed by atoms with van der Waals surface area (Å²) < 4.78 is 0. The molecule has 1 aliphatic rings. The van der Waals surface area contributed by atoms with Crippen molar-refractivity contribution in [1.82, 2.24) is 9.97 Å². The molecule has 0 aromatic carbocycles. The average molecular weight is 293 g/mol. The van der Waals surface area contributed by atoms with E-state index in [0.29, 0.717) is 17.7 Å². The van der Waals surface area contributed by atoms with Crippen molar-refractivity contribution in [3.8, 4) is 0 Å². The maximum absolute atomic E-state index is 11.3. The van der Waals surface area contributed by atoms with Crippen molar-refractivity contribution >= 4 is 17.5 Å². The third kappa shape index (κ3) is 4.03. The van der Waals surface area contributed by atoms with Gasteiger partial charge in [-0.15, -0.1) is 0 Å². The predicted molar refractivity (Wildman–Crippen MR) is 82.7 cm³/mol. The normalized spacial score (nSPS) is 14.3. The molecule has 1 saturated carbocycles. The number of rotatable bonds is 8. The zero-order valence-corrected chi connectivity index (χ0v) is 12.9. The Morgan fingerprint density at radius 3 is 2.76 bits per heavy atom. The Balaban J connectivity index is 2.32. The Morgan fingerprint density at radius 2 is 2.24 bits per heavy atom. The highest BCUT2D eigenvalue weighted by Gasteiger charge is 2.30. The Labute approximate surface area is 124 Å². The number of anilines is 2. The number of hydrogen-bond acceptors (Lipinski definition) is 6. The molecule has 1 heterocycles. The van der Waals surface area contributed by atoms with Crippen LogP contribution < -0.4 is 10.2 Å². The minimum absolute atomic E-state index is 0.0219. The molecule has 0 radical (unpaired) electrons. The maximum Gasteiger partial charge on any atom is 0.329 e. The highest BCUT2D eigenvalue weighted by molar-refractivity contribution is 5.59. The molecule has 0 aliphatic heterocycles. The Bertz CT molecular complexity index is 502. The molecule has 1 aromatic heterocycles. The second kappa shape index (κ2) is 6.69. The van der Waals surface area contributed by atoms with Gasteiger partial charge in [0.05, 0.1) is 4.92 Å². The minimum atomic E-state index is -0.402. The largest absolute Gasteiger partial charge is 0.354 e. The molecular weight excluding hydrogens is 270 g/mol. The van der Waals surface area contributed by atoms with E-state index in [2.05, 4.69) is 15.3 Å². The van der Waals surface area contributed by atoms with E-state index in [0.717, 1.165) is 19.5 Å². The van der Waals surface area contributed by atoms with E-state index in [9.17, 15) is 10.1 Å². The first-order valence-electron chi connectivity index (χ1n) is 7.54. The average Bonchev–Trinajstić information content (AvgIpc) is 3.25. The fourth-order valence-corrected chi connectivity index (χ4v) is 2.15. The van der Waals surface area contributed by atoms with Crippen LogP contribution in [0.5, 0.6) is 0 Å². The standard InChI is InChI=1S/C14H23N5O2/c1-4-7-15-14-16-8-12(19(20)21)13(17-14)18(10(2)3)9-11-5-6-11/h8,10-11H,4-7,9H2,1-3H3,(H,15,16,17). The van der Waals surface area contributed by atoms with Crippen molar-refractivity contribution in [3.63, 3.8) is 0 Å². The van der Waals surface area contributed by atoms with E-state index in [1.165, 1.54) is 19.0 Å². The smallest absolute Gasteiger partial charge is 0.329 e. The van der Waals surface area contributed by atoms with Crippen LogP contribution in [0.2, 0.25) is 0 Å². The summed E-state index contributed by atoms with van der Waals surface area (Å²) in [5, 5.41) is 14.3. The maximum atomic E-state index is 11.3. The summed E-state index contributed by atoms with van der Waals surface area (Å²) in [7, 11) is 0. The summed E-state index contributed by atoms with van der Waals surface area (Å²) in [6.45, 7) is 7.69. The summed E-state index contributed by atoms with van der Waals surface area (Å²) in [4.78, 5) is 21.3. The Morgan fingerprint density at radius 1 is 1.52 bits per heavy atom. The van der Waals surface area contributed by atoms with E-state index in [1.807, 2.05) is 25.7 Å². The van der Waals surface area contributed by atoms with Crippen LogP contribution in [0.25, 0.3) is 0 Å². The Hall–Kier alpha value is -1.92. The molecule has 0 saturated heterocycles. The van der Waals surface area contributed by atoms with Crippen LogP contribution in [0.3, 0.4) is 0 Å². The number of nitrogens with zero attached hydrogens (tertiary/aromatic N) is 4. The van der Waals surface area contributed by atoms with Crippen molar-refractivity contribution in [2.24, 2.45) is 5.92 Å². The molecule has 7 nitrogen and oxygen atoms in total. The van der Waals surface area contributed by atoms with Gasteiger partial charge in [0.2, 0.25) is 11.8 Å². The van der Waals surface area contributed by atoms with Crippen LogP contribution in [0.4, 0.5) is 17.5 Å². The molecule has 1 N–H and O–H groups in total. The van der Waals surface area contributed by atoms with Gasteiger partial charge in [0.1, 0.15) is 6.20 Å². The summed E-state index contributed by atoms with van der Waals surface area (Å²) >= 11 is 0. The lowest BCUT2D eigenvalue weighted by Gasteiger charge is -2.27. The van der Waals surface area contributed by atoms with Gasteiger partial charge in [0, 0.05) is 19.1 Å². The number of aromatic nitrogens is 2. The third-order valence-electron chi connectivity index (χ3n) is 3.53. The van der Waals surface area contributed by atoms with Crippen molar-refractivity contribution in [3.05, 3.63) is 16.3 Å². The van der Waals surface area contributed by atoms with E-state index >= 15 is 0 Å². The van der Waals surface area contributed by atoms with Crippen LogP contribution in [-0.4, -0.2) is 34.0 Å². The van der Waals surface area contributed by atoms with Crippen LogP contribution in [0.1, 0.15) is 40.0 Å². The lowest BCUT2D eigenvalue weighted by Crippen LogP contribution is -2.34.